The zero-order chi connectivity index (χ0) is 10.3. The van der Waals surface area contributed by atoms with E-state index in [-0.39, 0.29) is 0 Å². The van der Waals surface area contributed by atoms with Gasteiger partial charge in [-0.3, -0.25) is 0 Å². The summed E-state index contributed by atoms with van der Waals surface area (Å²) in [5.74, 6) is 0. The van der Waals surface area contributed by atoms with Crippen LogP contribution in [0.1, 0.15) is 12.5 Å². The lowest BCUT2D eigenvalue weighted by Gasteiger charge is -1.97. The highest BCUT2D eigenvalue weighted by atomic mass is 16.4. The molecule has 2 nitrogen and oxygen atoms in total. The van der Waals surface area contributed by atoms with Crippen molar-refractivity contribution in [3.8, 4) is 0 Å². The molecule has 0 unspecified atom stereocenters. The van der Waals surface area contributed by atoms with Crippen molar-refractivity contribution in [1.82, 2.24) is 0 Å². The Bertz CT molecular complexity index is 242. The second-order valence-electron chi connectivity index (χ2n) is 2.69. The van der Waals surface area contributed by atoms with Crippen LogP contribution in [-0.2, 0) is 0 Å². The van der Waals surface area contributed by atoms with Crippen LogP contribution in [0.3, 0.4) is 0 Å². The van der Waals surface area contributed by atoms with Gasteiger partial charge in [-0.05, 0) is 19.3 Å². The van der Waals surface area contributed by atoms with Crippen LogP contribution in [-0.4, -0.2) is 17.2 Å². The molecule has 0 atom stereocenters. The number of hydrogen-bond donors (Lipinski definition) is 2. The quantitative estimate of drug-likeness (QED) is 0.494. The van der Waals surface area contributed by atoms with Gasteiger partial charge in [0.25, 0.3) is 0 Å². The zero-order valence-corrected chi connectivity index (χ0v) is 8.07. The maximum Gasteiger partial charge on any atom is 0.488 e. The Kier molecular flexibility index (Phi) is 5.94. The van der Waals surface area contributed by atoms with Gasteiger partial charge < -0.3 is 10.0 Å². The fraction of sp³-hybridized carbons (Fsp3) is 0.200. The smallest absolute Gasteiger partial charge is 0.423 e. The van der Waals surface area contributed by atoms with Crippen molar-refractivity contribution in [1.29, 1.82) is 0 Å². The number of benzene rings is 1. The van der Waals surface area contributed by atoms with E-state index in [0.717, 1.165) is 5.56 Å². The number of rotatable bonds is 1. The van der Waals surface area contributed by atoms with Crippen molar-refractivity contribution in [2.75, 3.05) is 0 Å². The zero-order valence-electron chi connectivity index (χ0n) is 8.07. The van der Waals surface area contributed by atoms with Crippen molar-refractivity contribution in [3.63, 3.8) is 0 Å². The molecule has 0 bridgehead atoms. The third-order valence-electron chi connectivity index (χ3n) is 1.38. The first-order chi connectivity index (χ1) is 6.11. The Labute approximate surface area is 79.7 Å². The van der Waals surface area contributed by atoms with E-state index in [0.29, 0.717) is 5.46 Å². The predicted octanol–water partition coefficient (Wildman–Crippen LogP) is 0.867. The Morgan fingerprint density at radius 2 is 1.62 bits per heavy atom. The third-order valence-corrected chi connectivity index (χ3v) is 1.38. The summed E-state index contributed by atoms with van der Waals surface area (Å²) >= 11 is 0. The Morgan fingerprint density at radius 1 is 1.23 bits per heavy atom. The monoisotopic (exact) mass is 178 g/mol. The predicted molar refractivity (Wildman–Crippen MR) is 56.9 cm³/mol. The normalized spacial score (nSPS) is 8.31. The van der Waals surface area contributed by atoms with Gasteiger partial charge in [-0.15, -0.1) is 6.58 Å². The van der Waals surface area contributed by atoms with Gasteiger partial charge in [0.1, 0.15) is 0 Å². The highest BCUT2D eigenvalue weighted by Gasteiger charge is 2.08. The summed E-state index contributed by atoms with van der Waals surface area (Å²) < 4.78 is 0. The van der Waals surface area contributed by atoms with E-state index < -0.39 is 7.12 Å². The van der Waals surface area contributed by atoms with Crippen molar-refractivity contribution >= 4 is 12.6 Å². The molecule has 0 saturated carbocycles. The molecular weight excluding hydrogens is 163 g/mol. The molecule has 1 aromatic carbocycles. The molecule has 70 valence electrons. The molecule has 0 aliphatic heterocycles. The van der Waals surface area contributed by atoms with E-state index in [1.54, 1.807) is 18.2 Å². The lowest BCUT2D eigenvalue weighted by Crippen LogP contribution is -2.29. The van der Waals surface area contributed by atoms with Crippen molar-refractivity contribution < 1.29 is 10.0 Å². The van der Waals surface area contributed by atoms with E-state index in [1.807, 2.05) is 26.0 Å². The summed E-state index contributed by atoms with van der Waals surface area (Å²) in [6.07, 6.45) is 1.75. The minimum Gasteiger partial charge on any atom is -0.423 e. The van der Waals surface area contributed by atoms with Crippen LogP contribution in [0, 0.1) is 6.92 Å². The van der Waals surface area contributed by atoms with E-state index in [9.17, 15) is 0 Å². The average Bonchev–Trinajstić information content (AvgIpc) is 2.06. The molecule has 0 saturated heterocycles. The summed E-state index contributed by atoms with van der Waals surface area (Å²) in [6, 6.07) is 7.07. The first kappa shape index (κ1) is 11.9. The van der Waals surface area contributed by atoms with Crippen LogP contribution < -0.4 is 5.46 Å². The molecular formula is C10H15BO2. The van der Waals surface area contributed by atoms with Crippen LogP contribution in [0.5, 0.6) is 0 Å². The van der Waals surface area contributed by atoms with Gasteiger partial charge in [0, 0.05) is 0 Å². The second-order valence-corrected chi connectivity index (χ2v) is 2.69. The second kappa shape index (κ2) is 6.46. The molecule has 1 rings (SSSR count). The van der Waals surface area contributed by atoms with Gasteiger partial charge in [0.15, 0.2) is 0 Å². The van der Waals surface area contributed by atoms with Crippen LogP contribution in [0.2, 0.25) is 0 Å². The molecule has 0 aliphatic rings. The summed E-state index contributed by atoms with van der Waals surface area (Å²) in [5, 5.41) is 17.3. The van der Waals surface area contributed by atoms with Gasteiger partial charge in [0.2, 0.25) is 0 Å². The van der Waals surface area contributed by atoms with Crippen molar-refractivity contribution in [3.05, 3.63) is 42.5 Å². The standard InChI is InChI=1S/C7H9BO2.C3H6/c1-6-2-4-7(5-3-6)8(9)10;1-3-2/h2-5,9-10H,1H3;3H,1H2,2H3. The van der Waals surface area contributed by atoms with E-state index in [1.165, 1.54) is 0 Å². The molecule has 0 aliphatic carbocycles. The first-order valence-corrected chi connectivity index (χ1v) is 4.11. The highest BCUT2D eigenvalue weighted by molar-refractivity contribution is 6.58. The van der Waals surface area contributed by atoms with Crippen molar-refractivity contribution in [2.24, 2.45) is 0 Å². The van der Waals surface area contributed by atoms with E-state index in [4.69, 9.17) is 10.0 Å². The lowest BCUT2D eigenvalue weighted by molar-refractivity contribution is 0.426. The van der Waals surface area contributed by atoms with Crippen molar-refractivity contribution in [2.45, 2.75) is 13.8 Å². The number of hydrogen-bond acceptors (Lipinski definition) is 2. The van der Waals surface area contributed by atoms with Gasteiger partial charge in [-0.25, -0.2) is 0 Å². The summed E-state index contributed by atoms with van der Waals surface area (Å²) in [4.78, 5) is 0. The topological polar surface area (TPSA) is 40.5 Å². The Balaban J connectivity index is 0.000000424. The maximum atomic E-state index is 8.67. The fourth-order valence-corrected chi connectivity index (χ4v) is 0.739. The Hall–Kier alpha value is -1.06. The van der Waals surface area contributed by atoms with Gasteiger partial charge in [0.05, 0.1) is 0 Å². The van der Waals surface area contributed by atoms with Gasteiger partial charge >= 0.3 is 7.12 Å². The lowest BCUT2D eigenvalue weighted by atomic mass is 9.80. The van der Waals surface area contributed by atoms with Crippen LogP contribution >= 0.6 is 0 Å². The van der Waals surface area contributed by atoms with E-state index in [2.05, 4.69) is 6.58 Å². The molecule has 0 radical (unpaired) electrons. The molecule has 0 aromatic heterocycles. The maximum absolute atomic E-state index is 8.67. The van der Waals surface area contributed by atoms with Crippen LogP contribution in [0.25, 0.3) is 0 Å². The molecule has 3 heteroatoms. The minimum atomic E-state index is -1.35. The molecule has 1 aromatic rings. The summed E-state index contributed by atoms with van der Waals surface area (Å²) in [7, 11) is -1.35. The van der Waals surface area contributed by atoms with Crippen LogP contribution in [0.4, 0.5) is 0 Å². The third kappa shape index (κ3) is 5.23. The highest BCUT2D eigenvalue weighted by Crippen LogP contribution is 1.92. The van der Waals surface area contributed by atoms with Crippen LogP contribution in [0.15, 0.2) is 36.9 Å². The molecule has 0 spiro atoms. The summed E-state index contributed by atoms with van der Waals surface area (Å²) in [5.41, 5.74) is 1.65. The molecule has 0 amide bonds. The van der Waals surface area contributed by atoms with Gasteiger partial charge in [-0.1, -0.05) is 35.9 Å². The average molecular weight is 178 g/mol. The molecule has 0 heterocycles. The molecule has 0 fully saturated rings. The minimum absolute atomic E-state index is 0.533. The number of allylic oxidation sites excluding steroid dienone is 1. The molecule has 13 heavy (non-hydrogen) atoms. The fourth-order valence-electron chi connectivity index (χ4n) is 0.739. The molecule has 2 N–H and O–H groups in total. The Morgan fingerprint density at radius 3 is 1.92 bits per heavy atom. The largest absolute Gasteiger partial charge is 0.488 e. The number of aryl methyl sites for hydroxylation is 1. The summed E-state index contributed by atoms with van der Waals surface area (Å²) in [6.45, 7) is 7.20. The van der Waals surface area contributed by atoms with E-state index >= 15 is 0 Å². The SMILES string of the molecule is C=CC.Cc1ccc(B(O)O)cc1. The first-order valence-electron chi connectivity index (χ1n) is 4.11. The van der Waals surface area contributed by atoms with Gasteiger partial charge in [-0.2, -0.15) is 0 Å².